The Morgan fingerprint density at radius 1 is 1.09 bits per heavy atom. The van der Waals surface area contributed by atoms with Crippen LogP contribution in [0.15, 0.2) is 24.3 Å². The Bertz CT molecular complexity index is 546. The number of hydrogen-bond acceptors (Lipinski definition) is 3. The molecule has 3 N–H and O–H groups in total. The molecule has 7 heteroatoms. The molecule has 0 heterocycles. The van der Waals surface area contributed by atoms with Crippen LogP contribution >= 0.6 is 11.6 Å². The molecule has 0 saturated heterocycles. The summed E-state index contributed by atoms with van der Waals surface area (Å²) < 4.78 is 0. The lowest BCUT2D eigenvalue weighted by atomic mass is 10.0. The second kappa shape index (κ2) is 9.84. The molecule has 0 aliphatic rings. The van der Waals surface area contributed by atoms with Gasteiger partial charge in [0.25, 0.3) is 0 Å². The first-order valence-corrected chi connectivity index (χ1v) is 7.86. The van der Waals surface area contributed by atoms with Crippen LogP contribution in [0.2, 0.25) is 5.02 Å². The number of rotatable bonds is 8. The molecule has 23 heavy (non-hydrogen) atoms. The second-order valence-electron chi connectivity index (χ2n) is 5.14. The number of nitrogens with one attached hydrogen (secondary N) is 3. The van der Waals surface area contributed by atoms with Crippen LogP contribution in [0.3, 0.4) is 0 Å². The van der Waals surface area contributed by atoms with Gasteiger partial charge < -0.3 is 16.0 Å². The Balaban J connectivity index is 2.59. The van der Waals surface area contributed by atoms with E-state index >= 15 is 0 Å². The lowest BCUT2D eigenvalue weighted by Crippen LogP contribution is -2.39. The molecule has 126 valence electrons. The van der Waals surface area contributed by atoms with Crippen molar-refractivity contribution in [1.29, 1.82) is 0 Å². The van der Waals surface area contributed by atoms with E-state index < -0.39 is 6.04 Å². The highest BCUT2D eigenvalue weighted by atomic mass is 35.5. The van der Waals surface area contributed by atoms with Crippen molar-refractivity contribution >= 4 is 29.3 Å². The van der Waals surface area contributed by atoms with Gasteiger partial charge in [0, 0.05) is 18.5 Å². The molecule has 3 amide bonds. The van der Waals surface area contributed by atoms with E-state index in [0.717, 1.165) is 12.0 Å². The predicted molar refractivity (Wildman–Crippen MR) is 88.9 cm³/mol. The molecule has 0 aliphatic heterocycles. The third-order valence-corrected chi connectivity index (χ3v) is 3.31. The molecule has 1 rings (SSSR count). The molecule has 1 atom stereocenters. The number of amides is 3. The third kappa shape index (κ3) is 7.65. The first-order chi connectivity index (χ1) is 10.9. The van der Waals surface area contributed by atoms with Gasteiger partial charge in [-0.3, -0.25) is 14.4 Å². The Morgan fingerprint density at radius 2 is 1.74 bits per heavy atom. The van der Waals surface area contributed by atoms with E-state index in [1.165, 1.54) is 6.92 Å². The first kappa shape index (κ1) is 19.0. The molecular weight excluding hydrogens is 318 g/mol. The number of hydrogen-bond donors (Lipinski definition) is 3. The van der Waals surface area contributed by atoms with Crippen LogP contribution in [0.1, 0.15) is 38.3 Å². The van der Waals surface area contributed by atoms with Gasteiger partial charge in [-0.05, 0) is 24.1 Å². The van der Waals surface area contributed by atoms with Crippen molar-refractivity contribution in [2.45, 2.75) is 32.7 Å². The van der Waals surface area contributed by atoms with Gasteiger partial charge in [0.05, 0.1) is 19.0 Å². The van der Waals surface area contributed by atoms with E-state index in [0.29, 0.717) is 11.6 Å². The third-order valence-electron chi connectivity index (χ3n) is 3.06. The van der Waals surface area contributed by atoms with Crippen molar-refractivity contribution in [2.75, 3.05) is 13.1 Å². The van der Waals surface area contributed by atoms with E-state index in [-0.39, 0.29) is 30.7 Å². The molecule has 0 spiro atoms. The lowest BCUT2D eigenvalue weighted by Gasteiger charge is -2.18. The summed E-state index contributed by atoms with van der Waals surface area (Å²) in [4.78, 5) is 34.8. The first-order valence-electron chi connectivity index (χ1n) is 7.48. The maximum Gasteiger partial charge on any atom is 0.239 e. The van der Waals surface area contributed by atoms with Crippen molar-refractivity contribution in [2.24, 2.45) is 0 Å². The molecule has 1 aromatic rings. The molecule has 0 saturated carbocycles. The standard InChI is InChI=1S/C16H22ClN3O3/c1-3-8-18-16(23)10-19-15(22)9-14(20-11(2)21)12-4-6-13(17)7-5-12/h4-7,14H,3,8-10H2,1-2H3,(H,18,23)(H,19,22)(H,20,21)/t14-/m1/s1. The Hall–Kier alpha value is -2.08. The summed E-state index contributed by atoms with van der Waals surface area (Å²) in [5.74, 6) is -0.786. The fourth-order valence-electron chi connectivity index (χ4n) is 1.96. The Morgan fingerprint density at radius 3 is 2.30 bits per heavy atom. The Labute approximate surface area is 141 Å². The van der Waals surface area contributed by atoms with Gasteiger partial charge in [-0.15, -0.1) is 0 Å². The average molecular weight is 340 g/mol. The van der Waals surface area contributed by atoms with E-state index in [4.69, 9.17) is 11.6 Å². The van der Waals surface area contributed by atoms with Crippen LogP contribution in [-0.2, 0) is 14.4 Å². The van der Waals surface area contributed by atoms with Gasteiger partial charge >= 0.3 is 0 Å². The zero-order valence-electron chi connectivity index (χ0n) is 13.3. The smallest absolute Gasteiger partial charge is 0.239 e. The summed E-state index contributed by atoms with van der Waals surface area (Å²) in [6.45, 7) is 3.84. The van der Waals surface area contributed by atoms with Gasteiger partial charge in [0.15, 0.2) is 0 Å². The monoisotopic (exact) mass is 339 g/mol. The molecule has 0 aromatic heterocycles. The SMILES string of the molecule is CCCNC(=O)CNC(=O)C[C@@H](NC(C)=O)c1ccc(Cl)cc1. The van der Waals surface area contributed by atoms with Crippen molar-refractivity contribution in [3.05, 3.63) is 34.9 Å². The van der Waals surface area contributed by atoms with Gasteiger partial charge in [-0.2, -0.15) is 0 Å². The van der Waals surface area contributed by atoms with Gasteiger partial charge in [-0.25, -0.2) is 0 Å². The van der Waals surface area contributed by atoms with E-state index in [1.807, 2.05) is 6.92 Å². The fraction of sp³-hybridized carbons (Fsp3) is 0.438. The van der Waals surface area contributed by atoms with Gasteiger partial charge in [0.1, 0.15) is 0 Å². The fourth-order valence-corrected chi connectivity index (χ4v) is 2.08. The van der Waals surface area contributed by atoms with Crippen LogP contribution in [0.5, 0.6) is 0 Å². The molecule has 1 aromatic carbocycles. The lowest BCUT2D eigenvalue weighted by molar-refractivity contribution is -0.127. The second-order valence-corrected chi connectivity index (χ2v) is 5.57. The summed E-state index contributed by atoms with van der Waals surface area (Å²) in [5, 5.41) is 8.52. The number of carbonyl (C=O) groups is 3. The van der Waals surface area contributed by atoms with E-state index in [1.54, 1.807) is 24.3 Å². The molecule has 0 fully saturated rings. The quantitative estimate of drug-likeness (QED) is 0.671. The molecule has 0 aliphatic carbocycles. The average Bonchev–Trinajstić information content (AvgIpc) is 2.50. The van der Waals surface area contributed by atoms with Crippen molar-refractivity contribution in [3.63, 3.8) is 0 Å². The summed E-state index contributed by atoms with van der Waals surface area (Å²) in [7, 11) is 0. The minimum absolute atomic E-state index is 0.0439. The summed E-state index contributed by atoms with van der Waals surface area (Å²) >= 11 is 5.84. The van der Waals surface area contributed by atoms with Crippen LogP contribution in [0.25, 0.3) is 0 Å². The number of carbonyl (C=O) groups excluding carboxylic acids is 3. The van der Waals surface area contributed by atoms with E-state index in [9.17, 15) is 14.4 Å². The highest BCUT2D eigenvalue weighted by Crippen LogP contribution is 2.19. The molecule has 0 bridgehead atoms. The largest absolute Gasteiger partial charge is 0.355 e. The summed E-state index contributed by atoms with van der Waals surface area (Å²) in [6.07, 6.45) is 0.878. The molecule has 6 nitrogen and oxygen atoms in total. The maximum atomic E-state index is 12.0. The Kier molecular flexibility index (Phi) is 8.11. The van der Waals surface area contributed by atoms with Crippen LogP contribution < -0.4 is 16.0 Å². The van der Waals surface area contributed by atoms with Gasteiger partial charge in [-0.1, -0.05) is 30.7 Å². The number of halogens is 1. The topological polar surface area (TPSA) is 87.3 Å². The zero-order chi connectivity index (χ0) is 17.2. The van der Waals surface area contributed by atoms with Crippen LogP contribution in [0, 0.1) is 0 Å². The normalized spacial score (nSPS) is 11.4. The van der Waals surface area contributed by atoms with Crippen molar-refractivity contribution < 1.29 is 14.4 Å². The maximum absolute atomic E-state index is 12.0. The predicted octanol–water partition coefficient (Wildman–Crippen LogP) is 1.55. The highest BCUT2D eigenvalue weighted by Gasteiger charge is 2.17. The summed E-state index contributed by atoms with van der Waals surface area (Å²) in [6, 6.07) is 6.43. The van der Waals surface area contributed by atoms with Crippen LogP contribution in [0.4, 0.5) is 0 Å². The zero-order valence-corrected chi connectivity index (χ0v) is 14.1. The van der Waals surface area contributed by atoms with Gasteiger partial charge in [0.2, 0.25) is 17.7 Å². The van der Waals surface area contributed by atoms with E-state index in [2.05, 4.69) is 16.0 Å². The molecular formula is C16H22ClN3O3. The van der Waals surface area contributed by atoms with Crippen molar-refractivity contribution in [3.8, 4) is 0 Å². The molecule has 0 unspecified atom stereocenters. The minimum atomic E-state index is -0.469. The van der Waals surface area contributed by atoms with Crippen LogP contribution in [-0.4, -0.2) is 30.8 Å². The van der Waals surface area contributed by atoms with Crippen molar-refractivity contribution in [1.82, 2.24) is 16.0 Å². The number of benzene rings is 1. The summed E-state index contributed by atoms with van der Waals surface area (Å²) in [5.41, 5.74) is 0.773. The minimum Gasteiger partial charge on any atom is -0.355 e. The highest BCUT2D eigenvalue weighted by molar-refractivity contribution is 6.30. The molecule has 0 radical (unpaired) electrons.